The number of nitrogens with one attached hydrogen (secondary N) is 1. The van der Waals surface area contributed by atoms with Gasteiger partial charge < -0.3 is 29.4 Å². The summed E-state index contributed by atoms with van der Waals surface area (Å²) in [4.78, 5) is 48.9. The predicted molar refractivity (Wildman–Crippen MR) is 182 cm³/mol. The lowest BCUT2D eigenvalue weighted by molar-refractivity contribution is -0.160. The second-order valence-corrected chi connectivity index (χ2v) is 13.7. The molecule has 2 aliphatic heterocycles. The maximum absolute atomic E-state index is 15.8. The Morgan fingerprint density at radius 1 is 1.16 bits per heavy atom. The Labute approximate surface area is 284 Å². The number of likely N-dealkylation sites (tertiary alicyclic amines) is 1. The molecule has 11 nitrogen and oxygen atoms in total. The average molecular weight is 672 g/mol. The summed E-state index contributed by atoms with van der Waals surface area (Å²) in [6.07, 6.45) is 2.90. The summed E-state index contributed by atoms with van der Waals surface area (Å²) in [5.74, 6) is -1.73. The Morgan fingerprint density at radius 3 is 2.63 bits per heavy atom. The molecule has 2 N–H and O–H groups in total. The lowest BCUT2D eigenvalue weighted by Crippen LogP contribution is -2.35. The number of fused-ring (bicyclic) bond motifs is 2. The molecule has 1 saturated heterocycles. The highest BCUT2D eigenvalue weighted by atomic mass is 19.1. The molecular formula is C37H42FN5O6. The van der Waals surface area contributed by atoms with Crippen molar-refractivity contribution in [1.82, 2.24) is 24.8 Å². The number of aliphatic carboxylic acids is 1. The van der Waals surface area contributed by atoms with Gasteiger partial charge in [-0.25, -0.2) is 14.2 Å². The normalized spacial score (nSPS) is 15.3. The number of pyridine rings is 2. The van der Waals surface area contributed by atoms with E-state index in [0.29, 0.717) is 83.8 Å². The largest absolute Gasteiger partial charge is 0.490 e. The van der Waals surface area contributed by atoms with Gasteiger partial charge in [0.1, 0.15) is 11.3 Å². The van der Waals surface area contributed by atoms with Crippen molar-refractivity contribution in [2.75, 3.05) is 26.2 Å². The highest BCUT2D eigenvalue weighted by molar-refractivity contribution is 6.02. The van der Waals surface area contributed by atoms with Gasteiger partial charge in [-0.15, -0.1) is 0 Å². The minimum atomic E-state index is -1.39. The van der Waals surface area contributed by atoms with Crippen molar-refractivity contribution in [3.63, 3.8) is 0 Å². The molecule has 4 aromatic rings. The SMILES string of the molecule is Cc1nc2c(cc(-c3ccnc(C(=O)NCCN4CCCC4=O)c3)n2C)c(-c2cc(F)c3c(c2C)CCCO3)c1[C@H](OC(C)(C)C)C(=O)O. The van der Waals surface area contributed by atoms with Gasteiger partial charge in [0, 0.05) is 72.6 Å². The second kappa shape index (κ2) is 13.2. The molecule has 0 unspecified atom stereocenters. The van der Waals surface area contributed by atoms with Gasteiger partial charge in [-0.05, 0) is 89.3 Å². The molecule has 5 heterocycles. The summed E-state index contributed by atoms with van der Waals surface area (Å²) < 4.78 is 29.5. The van der Waals surface area contributed by atoms with Crippen LogP contribution in [0.5, 0.6) is 5.75 Å². The molecule has 49 heavy (non-hydrogen) atoms. The Bertz CT molecular complexity index is 1980. The van der Waals surface area contributed by atoms with E-state index in [0.717, 1.165) is 24.0 Å². The number of hydrogen-bond acceptors (Lipinski definition) is 7. The highest BCUT2D eigenvalue weighted by Gasteiger charge is 2.34. The van der Waals surface area contributed by atoms with Gasteiger partial charge >= 0.3 is 5.97 Å². The van der Waals surface area contributed by atoms with E-state index in [-0.39, 0.29) is 23.3 Å². The number of ether oxygens (including phenoxy) is 2. The van der Waals surface area contributed by atoms with Crippen LogP contribution in [0.3, 0.4) is 0 Å². The minimum absolute atomic E-state index is 0.0952. The van der Waals surface area contributed by atoms with Crippen molar-refractivity contribution in [2.24, 2.45) is 7.05 Å². The standard InChI is InChI=1S/C37H42FN5O6/c1-20-23-9-8-16-48-32(23)26(38)18-24(20)31-25-19-28(42(6)34(25)41-21(2)30(31)33(36(46)47)49-37(3,4)5)22-11-12-39-27(17-22)35(45)40-13-15-43-14-7-10-29(43)44/h11-12,17-19,33H,7-10,13-16H2,1-6H3,(H,40,45)(H,46,47)/t33-/m0/s1. The summed E-state index contributed by atoms with van der Waals surface area (Å²) in [6.45, 7) is 10.9. The van der Waals surface area contributed by atoms with Crippen LogP contribution in [0.1, 0.15) is 79.0 Å². The molecule has 0 bridgehead atoms. The van der Waals surface area contributed by atoms with Gasteiger partial charge in [0.05, 0.1) is 17.9 Å². The number of amides is 2. The van der Waals surface area contributed by atoms with Crippen LogP contribution in [-0.2, 0) is 27.8 Å². The van der Waals surface area contributed by atoms with E-state index in [9.17, 15) is 19.5 Å². The van der Waals surface area contributed by atoms with Gasteiger partial charge in [0.2, 0.25) is 5.91 Å². The number of carboxylic acids is 1. The summed E-state index contributed by atoms with van der Waals surface area (Å²) in [5, 5.41) is 14.0. The van der Waals surface area contributed by atoms with Gasteiger partial charge in [0.15, 0.2) is 17.7 Å². The molecule has 0 spiro atoms. The van der Waals surface area contributed by atoms with Gasteiger partial charge in [-0.2, -0.15) is 0 Å². The molecule has 0 saturated carbocycles. The molecule has 1 atom stereocenters. The first-order valence-electron chi connectivity index (χ1n) is 16.6. The topological polar surface area (TPSA) is 136 Å². The molecule has 1 aromatic carbocycles. The zero-order valence-corrected chi connectivity index (χ0v) is 28.8. The van der Waals surface area contributed by atoms with Crippen molar-refractivity contribution in [2.45, 2.75) is 72.0 Å². The lowest BCUT2D eigenvalue weighted by Gasteiger charge is -2.29. The molecule has 258 valence electrons. The molecular weight excluding hydrogens is 629 g/mol. The molecule has 2 amide bonds. The maximum Gasteiger partial charge on any atom is 0.337 e. The number of nitrogens with zero attached hydrogens (tertiary/aromatic N) is 4. The van der Waals surface area contributed by atoms with Crippen molar-refractivity contribution in [3.05, 3.63) is 64.4 Å². The van der Waals surface area contributed by atoms with Crippen LogP contribution in [0.25, 0.3) is 33.4 Å². The number of halogens is 1. The Hall–Kier alpha value is -4.84. The van der Waals surface area contributed by atoms with Gasteiger partial charge in [-0.1, -0.05) is 0 Å². The zero-order valence-electron chi connectivity index (χ0n) is 28.8. The summed E-state index contributed by atoms with van der Waals surface area (Å²) in [5.41, 5.74) is 4.73. The van der Waals surface area contributed by atoms with E-state index < -0.39 is 23.5 Å². The highest BCUT2D eigenvalue weighted by Crippen LogP contribution is 2.45. The third kappa shape index (κ3) is 6.61. The van der Waals surface area contributed by atoms with Crippen LogP contribution in [0, 0.1) is 19.7 Å². The van der Waals surface area contributed by atoms with E-state index >= 15 is 4.39 Å². The number of carboxylic acid groups (broad SMARTS) is 1. The van der Waals surface area contributed by atoms with Crippen molar-refractivity contribution in [1.29, 1.82) is 0 Å². The second-order valence-electron chi connectivity index (χ2n) is 13.7. The fourth-order valence-corrected chi connectivity index (χ4v) is 6.90. The fraction of sp³-hybridized carbons (Fsp3) is 0.432. The number of benzene rings is 1. The van der Waals surface area contributed by atoms with E-state index in [2.05, 4.69) is 10.3 Å². The van der Waals surface area contributed by atoms with Crippen LogP contribution in [-0.4, -0.2) is 74.2 Å². The van der Waals surface area contributed by atoms with Crippen molar-refractivity contribution < 1.29 is 33.4 Å². The Morgan fingerprint density at radius 2 is 1.94 bits per heavy atom. The summed E-state index contributed by atoms with van der Waals surface area (Å²) in [7, 11) is 1.84. The third-order valence-corrected chi connectivity index (χ3v) is 9.19. The number of carbonyl (C=O) groups is 3. The number of aromatic nitrogens is 3. The first-order valence-corrected chi connectivity index (χ1v) is 16.6. The third-order valence-electron chi connectivity index (χ3n) is 9.19. The molecule has 0 aliphatic carbocycles. The molecule has 6 rings (SSSR count). The fourth-order valence-electron chi connectivity index (χ4n) is 6.90. The quantitative estimate of drug-likeness (QED) is 0.232. The molecule has 0 radical (unpaired) electrons. The monoisotopic (exact) mass is 671 g/mol. The molecule has 1 fully saturated rings. The predicted octanol–water partition coefficient (Wildman–Crippen LogP) is 5.68. The lowest BCUT2D eigenvalue weighted by atomic mass is 9.86. The number of hydrogen-bond donors (Lipinski definition) is 2. The summed E-state index contributed by atoms with van der Waals surface area (Å²) in [6, 6.07) is 6.78. The van der Waals surface area contributed by atoms with Gasteiger partial charge in [-0.3, -0.25) is 14.6 Å². The van der Waals surface area contributed by atoms with Crippen LogP contribution < -0.4 is 10.1 Å². The van der Waals surface area contributed by atoms with E-state index in [1.807, 2.05) is 24.6 Å². The minimum Gasteiger partial charge on any atom is -0.490 e. The molecule has 12 heteroatoms. The van der Waals surface area contributed by atoms with Crippen LogP contribution >= 0.6 is 0 Å². The molecule has 3 aromatic heterocycles. The van der Waals surface area contributed by atoms with Crippen LogP contribution in [0.4, 0.5) is 4.39 Å². The van der Waals surface area contributed by atoms with E-state index in [1.165, 1.54) is 6.07 Å². The van der Waals surface area contributed by atoms with E-state index in [1.54, 1.807) is 50.9 Å². The van der Waals surface area contributed by atoms with Gasteiger partial charge in [0.25, 0.3) is 5.91 Å². The summed E-state index contributed by atoms with van der Waals surface area (Å²) >= 11 is 0. The molecule has 2 aliphatic rings. The Kier molecular flexibility index (Phi) is 9.19. The van der Waals surface area contributed by atoms with Crippen molar-refractivity contribution >= 4 is 28.8 Å². The Balaban J connectivity index is 1.49. The number of aryl methyl sites for hydroxylation is 2. The van der Waals surface area contributed by atoms with Crippen LogP contribution in [0.15, 0.2) is 30.5 Å². The van der Waals surface area contributed by atoms with Crippen molar-refractivity contribution in [3.8, 4) is 28.1 Å². The average Bonchev–Trinajstić information content (AvgIpc) is 3.62. The number of carbonyl (C=O) groups excluding carboxylic acids is 2. The first kappa shape index (κ1) is 34.0. The van der Waals surface area contributed by atoms with Crippen LogP contribution in [0.2, 0.25) is 0 Å². The maximum atomic E-state index is 15.8. The smallest absolute Gasteiger partial charge is 0.337 e. The number of rotatable bonds is 9. The zero-order chi connectivity index (χ0) is 35.2. The van der Waals surface area contributed by atoms with E-state index in [4.69, 9.17) is 14.5 Å². The first-order chi connectivity index (χ1) is 23.2.